The first-order valence-electron chi connectivity index (χ1n) is 14.7. The van der Waals surface area contributed by atoms with Gasteiger partial charge in [-0.15, -0.1) is 10.2 Å². The minimum Gasteiger partial charge on any atom is -0.320 e. The average molecular weight is 547 g/mol. The van der Waals surface area contributed by atoms with Crippen LogP contribution in [0.3, 0.4) is 0 Å². The molecule has 3 aromatic rings. The van der Waals surface area contributed by atoms with Crippen LogP contribution in [0.2, 0.25) is 0 Å². The fourth-order valence-corrected chi connectivity index (χ4v) is 6.77. The molecular formula is C31H36F2N6O. The first-order chi connectivity index (χ1) is 19.3. The minimum absolute atomic E-state index is 0.00454. The summed E-state index contributed by atoms with van der Waals surface area (Å²) in [6, 6.07) is 10.3. The number of nitrogens with zero attached hydrogens (tertiary/aromatic N) is 6. The van der Waals surface area contributed by atoms with Gasteiger partial charge in [-0.2, -0.15) is 0 Å². The van der Waals surface area contributed by atoms with E-state index in [1.807, 2.05) is 34.7 Å². The highest BCUT2D eigenvalue weighted by atomic mass is 19.3. The molecule has 0 radical (unpaired) electrons. The quantitative estimate of drug-likeness (QED) is 0.383. The van der Waals surface area contributed by atoms with Gasteiger partial charge in [-0.3, -0.25) is 14.7 Å². The summed E-state index contributed by atoms with van der Waals surface area (Å²) >= 11 is 0. The molecule has 0 bridgehead atoms. The molecule has 2 atom stereocenters. The Balaban J connectivity index is 1.18. The molecule has 7 rings (SSSR count). The summed E-state index contributed by atoms with van der Waals surface area (Å²) < 4.78 is 30.1. The molecule has 1 aromatic carbocycles. The van der Waals surface area contributed by atoms with E-state index in [4.69, 9.17) is 4.98 Å². The second-order valence-electron chi connectivity index (χ2n) is 12.4. The van der Waals surface area contributed by atoms with E-state index >= 15 is 0 Å². The van der Waals surface area contributed by atoms with Crippen molar-refractivity contribution in [3.05, 3.63) is 70.6 Å². The number of piperidine rings is 1. The van der Waals surface area contributed by atoms with Gasteiger partial charge in [0.05, 0.1) is 12.2 Å². The van der Waals surface area contributed by atoms with Gasteiger partial charge in [0.15, 0.2) is 0 Å². The molecule has 0 N–H and O–H groups in total. The number of benzene rings is 1. The Kier molecular flexibility index (Phi) is 6.25. The van der Waals surface area contributed by atoms with E-state index in [0.717, 1.165) is 46.9 Å². The first-order valence-corrected chi connectivity index (χ1v) is 14.7. The first kappa shape index (κ1) is 25.7. The number of halogens is 2. The SMILES string of the molecule is CC1CN(Cc2cc3c(c(C4CC4)n2)CN(c2cccc([C@@H](c4nncn4C)C4CCC4)c2)C3=O)CCC1(F)F. The highest BCUT2D eigenvalue weighted by molar-refractivity contribution is 6.10. The number of likely N-dealkylation sites (tertiary alicyclic amines) is 1. The number of aryl methyl sites for hydroxylation is 1. The lowest BCUT2D eigenvalue weighted by Gasteiger charge is -2.36. The van der Waals surface area contributed by atoms with Crippen LogP contribution in [-0.4, -0.2) is 49.6 Å². The zero-order chi connectivity index (χ0) is 27.6. The number of hydrogen-bond donors (Lipinski definition) is 0. The topological polar surface area (TPSA) is 67.2 Å². The van der Waals surface area contributed by atoms with Crippen molar-refractivity contribution in [3.63, 3.8) is 0 Å². The lowest BCUT2D eigenvalue weighted by molar-refractivity contribution is -0.100. The van der Waals surface area contributed by atoms with Crippen molar-refractivity contribution in [1.82, 2.24) is 24.6 Å². The van der Waals surface area contributed by atoms with Crippen molar-refractivity contribution >= 4 is 11.6 Å². The molecule has 40 heavy (non-hydrogen) atoms. The molecule has 1 amide bonds. The van der Waals surface area contributed by atoms with E-state index in [2.05, 4.69) is 27.2 Å². The van der Waals surface area contributed by atoms with Crippen LogP contribution in [0.25, 0.3) is 0 Å². The molecule has 9 heteroatoms. The highest BCUT2D eigenvalue weighted by Gasteiger charge is 2.42. The Bertz CT molecular complexity index is 1450. The van der Waals surface area contributed by atoms with E-state index in [-0.39, 0.29) is 18.2 Å². The molecule has 7 nitrogen and oxygen atoms in total. The summed E-state index contributed by atoms with van der Waals surface area (Å²) in [5, 5.41) is 8.60. The summed E-state index contributed by atoms with van der Waals surface area (Å²) in [5.41, 5.74) is 5.65. The van der Waals surface area contributed by atoms with Gasteiger partial charge in [-0.05, 0) is 55.4 Å². The Hall–Kier alpha value is -3.20. The second kappa shape index (κ2) is 9.72. The maximum absolute atomic E-state index is 14.1. The molecule has 210 valence electrons. The molecule has 2 aliphatic heterocycles. The third-order valence-corrected chi connectivity index (χ3v) is 9.55. The van der Waals surface area contributed by atoms with Crippen LogP contribution in [0, 0.1) is 11.8 Å². The Morgan fingerprint density at radius 3 is 2.65 bits per heavy atom. The number of rotatable bonds is 7. The van der Waals surface area contributed by atoms with E-state index in [9.17, 15) is 13.6 Å². The summed E-state index contributed by atoms with van der Waals surface area (Å²) in [7, 11) is 1.99. The van der Waals surface area contributed by atoms with Crippen LogP contribution in [0.4, 0.5) is 14.5 Å². The normalized spacial score (nSPS) is 23.8. The fraction of sp³-hybridized carbons (Fsp3) is 0.548. The minimum atomic E-state index is -2.61. The number of anilines is 1. The lowest BCUT2D eigenvalue weighted by atomic mass is 9.72. The maximum atomic E-state index is 14.1. The predicted molar refractivity (Wildman–Crippen MR) is 147 cm³/mol. The fourth-order valence-electron chi connectivity index (χ4n) is 6.77. The van der Waals surface area contributed by atoms with Gasteiger partial charge in [0, 0.05) is 73.4 Å². The number of carbonyl (C=O) groups is 1. The summed E-state index contributed by atoms with van der Waals surface area (Å²) in [6.07, 6.45) is 7.36. The van der Waals surface area contributed by atoms with E-state index in [1.165, 1.54) is 24.8 Å². The number of hydrogen-bond acceptors (Lipinski definition) is 5. The summed E-state index contributed by atoms with van der Waals surface area (Å²) in [6.45, 7) is 3.31. The van der Waals surface area contributed by atoms with Crippen LogP contribution >= 0.6 is 0 Å². The second-order valence-corrected chi connectivity index (χ2v) is 12.4. The van der Waals surface area contributed by atoms with Gasteiger partial charge in [0.2, 0.25) is 0 Å². The number of carbonyl (C=O) groups excluding carboxylic acids is 1. The van der Waals surface area contributed by atoms with Crippen LogP contribution in [0.5, 0.6) is 0 Å². The van der Waals surface area contributed by atoms with Gasteiger partial charge < -0.3 is 9.47 Å². The molecule has 3 fully saturated rings. The van der Waals surface area contributed by atoms with Gasteiger partial charge in [0.1, 0.15) is 12.2 Å². The summed E-state index contributed by atoms with van der Waals surface area (Å²) in [4.78, 5) is 22.9. The standard InChI is InChI=1S/C31H36F2N6O/c1-19-15-38(12-11-31(19,32)33)16-23-14-25-26(28(35-23)21-9-10-21)17-39(30(25)40)24-8-4-7-22(13-24)27(20-5-3-6-20)29-36-34-18-37(29)2/h4,7-8,13-14,18-21,27H,3,5-6,9-12,15-17H2,1-2H3/t19?,27-/m0/s1. The molecular weight excluding hydrogens is 510 g/mol. The van der Waals surface area contributed by atoms with E-state index in [1.54, 1.807) is 13.3 Å². The zero-order valence-corrected chi connectivity index (χ0v) is 23.2. The van der Waals surface area contributed by atoms with Crippen molar-refractivity contribution in [1.29, 1.82) is 0 Å². The number of amides is 1. The number of fused-ring (bicyclic) bond motifs is 1. The van der Waals surface area contributed by atoms with Crippen LogP contribution in [0.15, 0.2) is 36.7 Å². The largest absolute Gasteiger partial charge is 0.320 e. The summed E-state index contributed by atoms with van der Waals surface area (Å²) in [5.74, 6) is -1.28. The number of pyridine rings is 1. The molecule has 2 aliphatic carbocycles. The molecule has 0 spiro atoms. The van der Waals surface area contributed by atoms with E-state index in [0.29, 0.717) is 38.0 Å². The van der Waals surface area contributed by atoms with Crippen molar-refractivity contribution in [3.8, 4) is 0 Å². The highest BCUT2D eigenvalue weighted by Crippen LogP contribution is 2.46. The molecule has 2 aromatic heterocycles. The van der Waals surface area contributed by atoms with Crippen molar-refractivity contribution < 1.29 is 13.6 Å². The average Bonchev–Trinajstić information content (AvgIpc) is 3.59. The third kappa shape index (κ3) is 4.52. The van der Waals surface area contributed by atoms with Gasteiger partial charge in [0.25, 0.3) is 11.8 Å². The zero-order valence-electron chi connectivity index (χ0n) is 23.2. The van der Waals surface area contributed by atoms with Crippen LogP contribution in [-0.2, 0) is 20.1 Å². The molecule has 1 saturated heterocycles. The maximum Gasteiger partial charge on any atom is 0.259 e. The van der Waals surface area contributed by atoms with Crippen molar-refractivity contribution in [2.24, 2.45) is 18.9 Å². The van der Waals surface area contributed by atoms with E-state index < -0.39 is 11.8 Å². The molecule has 1 unspecified atom stereocenters. The smallest absolute Gasteiger partial charge is 0.259 e. The van der Waals surface area contributed by atoms with Gasteiger partial charge >= 0.3 is 0 Å². The molecule has 4 aliphatic rings. The van der Waals surface area contributed by atoms with Gasteiger partial charge in [-0.1, -0.05) is 25.5 Å². The van der Waals surface area contributed by atoms with Crippen LogP contribution in [0.1, 0.15) is 96.0 Å². The Morgan fingerprint density at radius 2 is 1.98 bits per heavy atom. The molecule has 2 saturated carbocycles. The van der Waals surface area contributed by atoms with Crippen molar-refractivity contribution in [2.75, 3.05) is 18.0 Å². The van der Waals surface area contributed by atoms with Crippen molar-refractivity contribution in [2.45, 2.75) is 76.3 Å². The predicted octanol–water partition coefficient (Wildman–Crippen LogP) is 5.66. The monoisotopic (exact) mass is 546 g/mol. The number of aromatic nitrogens is 4. The third-order valence-electron chi connectivity index (χ3n) is 9.55. The van der Waals surface area contributed by atoms with Gasteiger partial charge in [-0.25, -0.2) is 8.78 Å². The molecule has 4 heterocycles. The Morgan fingerprint density at radius 1 is 1.15 bits per heavy atom. The number of alkyl halides is 2. The van der Waals surface area contributed by atoms with Crippen LogP contribution < -0.4 is 4.90 Å². The Labute approximate surface area is 233 Å². The lowest BCUT2D eigenvalue weighted by Crippen LogP contribution is -2.45.